The zero-order chi connectivity index (χ0) is 17.9. The van der Waals surface area contributed by atoms with Gasteiger partial charge >= 0.3 is 0 Å². The lowest BCUT2D eigenvalue weighted by Gasteiger charge is -2.25. The van der Waals surface area contributed by atoms with Crippen LogP contribution in [0.5, 0.6) is 0 Å². The number of piperidine rings is 1. The molecule has 1 fully saturated rings. The normalized spacial score (nSPS) is 15.9. The third kappa shape index (κ3) is 4.05. The summed E-state index contributed by atoms with van der Waals surface area (Å²) in [5, 5.41) is 3.31. The van der Waals surface area contributed by atoms with Crippen molar-refractivity contribution in [2.24, 2.45) is 0 Å². The highest BCUT2D eigenvalue weighted by Crippen LogP contribution is 2.21. The minimum absolute atomic E-state index is 0.122. The molecule has 0 spiro atoms. The van der Waals surface area contributed by atoms with Crippen LogP contribution in [0, 0.1) is 0 Å². The number of carbonyl (C=O) groups is 1. The lowest BCUT2D eigenvalue weighted by molar-refractivity contribution is 0.0946. The van der Waals surface area contributed by atoms with Crippen molar-refractivity contribution in [3.8, 4) is 0 Å². The van der Waals surface area contributed by atoms with Crippen molar-refractivity contribution in [1.29, 1.82) is 0 Å². The van der Waals surface area contributed by atoms with Crippen molar-refractivity contribution in [3.63, 3.8) is 0 Å². The second-order valence-corrected chi connectivity index (χ2v) is 8.33. The van der Waals surface area contributed by atoms with Gasteiger partial charge in [-0.1, -0.05) is 36.2 Å². The quantitative estimate of drug-likeness (QED) is 0.835. The monoisotopic (exact) mass is 381 g/mol. The molecule has 1 aliphatic rings. The second-order valence-electron chi connectivity index (χ2n) is 5.99. The number of rotatable bonds is 5. The number of hydrogen-bond donors (Lipinski definition) is 2. The molecule has 1 aliphatic heterocycles. The maximum absolute atomic E-state index is 12.6. The van der Waals surface area contributed by atoms with Crippen LogP contribution >= 0.6 is 11.6 Å². The van der Waals surface area contributed by atoms with Gasteiger partial charge in [0.05, 0.1) is 0 Å². The molecule has 1 amide bonds. The van der Waals surface area contributed by atoms with Crippen LogP contribution in [-0.4, -0.2) is 36.7 Å². The number of aromatic nitrogens is 1. The van der Waals surface area contributed by atoms with E-state index in [0.717, 1.165) is 24.8 Å². The molecule has 6 nitrogen and oxygen atoms in total. The summed E-state index contributed by atoms with van der Waals surface area (Å²) in [6, 6.07) is 8.61. The maximum atomic E-state index is 12.6. The van der Waals surface area contributed by atoms with Crippen LogP contribution < -0.4 is 5.32 Å². The zero-order valence-electron chi connectivity index (χ0n) is 13.7. The fourth-order valence-corrected chi connectivity index (χ4v) is 4.54. The summed E-state index contributed by atoms with van der Waals surface area (Å²) in [5.74, 6) is -0.375. The Morgan fingerprint density at radius 2 is 1.92 bits per heavy atom. The van der Waals surface area contributed by atoms with E-state index in [-0.39, 0.29) is 23.0 Å². The van der Waals surface area contributed by atoms with Crippen molar-refractivity contribution in [1.82, 2.24) is 14.6 Å². The molecule has 1 aromatic heterocycles. The Hall–Kier alpha value is -1.83. The van der Waals surface area contributed by atoms with Gasteiger partial charge in [-0.2, -0.15) is 4.31 Å². The number of carbonyl (C=O) groups excluding carboxylic acids is 1. The number of benzene rings is 1. The molecule has 134 valence electrons. The first kappa shape index (κ1) is 18.0. The predicted octanol–water partition coefficient (Wildman–Crippen LogP) is 2.77. The van der Waals surface area contributed by atoms with E-state index in [4.69, 9.17) is 11.6 Å². The summed E-state index contributed by atoms with van der Waals surface area (Å²) in [6.45, 7) is 1.33. The van der Waals surface area contributed by atoms with Crippen molar-refractivity contribution >= 4 is 27.5 Å². The average molecular weight is 382 g/mol. The first-order valence-electron chi connectivity index (χ1n) is 8.18. The summed E-state index contributed by atoms with van der Waals surface area (Å²) in [7, 11) is -3.55. The highest BCUT2D eigenvalue weighted by atomic mass is 35.5. The molecule has 0 saturated carbocycles. The lowest BCUT2D eigenvalue weighted by atomic mass is 10.2. The summed E-state index contributed by atoms with van der Waals surface area (Å²) in [5.41, 5.74) is 1.01. The maximum Gasteiger partial charge on any atom is 0.268 e. The van der Waals surface area contributed by atoms with Crippen molar-refractivity contribution in [3.05, 3.63) is 52.8 Å². The van der Waals surface area contributed by atoms with Crippen LogP contribution in [0.3, 0.4) is 0 Å². The van der Waals surface area contributed by atoms with Gasteiger partial charge < -0.3 is 10.3 Å². The number of nitrogens with zero attached hydrogens (tertiary/aromatic N) is 1. The topological polar surface area (TPSA) is 82.3 Å². The molecule has 25 heavy (non-hydrogen) atoms. The highest BCUT2D eigenvalue weighted by molar-refractivity contribution is 7.89. The average Bonchev–Trinajstić information content (AvgIpc) is 3.12. The largest absolute Gasteiger partial charge is 0.356 e. The molecule has 0 atom stereocenters. The first-order chi connectivity index (χ1) is 12.0. The molecule has 0 bridgehead atoms. The van der Waals surface area contributed by atoms with Gasteiger partial charge in [0.25, 0.3) is 5.91 Å². The van der Waals surface area contributed by atoms with Crippen LogP contribution in [0.2, 0.25) is 5.02 Å². The van der Waals surface area contributed by atoms with Gasteiger partial charge in [0.1, 0.15) is 10.6 Å². The van der Waals surface area contributed by atoms with Gasteiger partial charge in [0.15, 0.2) is 0 Å². The second kappa shape index (κ2) is 7.59. The Balaban J connectivity index is 1.68. The van der Waals surface area contributed by atoms with Gasteiger partial charge in [-0.15, -0.1) is 0 Å². The van der Waals surface area contributed by atoms with Gasteiger partial charge in [-0.25, -0.2) is 8.42 Å². The summed E-state index contributed by atoms with van der Waals surface area (Å²) >= 11 is 6.06. The van der Waals surface area contributed by atoms with E-state index in [2.05, 4.69) is 10.3 Å². The molecule has 3 rings (SSSR count). The van der Waals surface area contributed by atoms with Gasteiger partial charge in [-0.05, 0) is 30.5 Å². The number of sulfonamides is 1. The SMILES string of the molecule is O=C(NCc1ccccc1Cl)c1cc(S(=O)(=O)N2CCCCC2)c[nH]1. The van der Waals surface area contributed by atoms with Crippen molar-refractivity contribution < 1.29 is 13.2 Å². The third-order valence-corrected chi connectivity index (χ3v) is 6.50. The fourth-order valence-electron chi connectivity index (χ4n) is 2.82. The van der Waals surface area contributed by atoms with Crippen LogP contribution in [0.15, 0.2) is 41.4 Å². The fraction of sp³-hybridized carbons (Fsp3) is 0.353. The number of halogens is 1. The Morgan fingerprint density at radius 1 is 1.20 bits per heavy atom. The van der Waals surface area contributed by atoms with Crippen LogP contribution in [0.25, 0.3) is 0 Å². The number of nitrogens with one attached hydrogen (secondary N) is 2. The van der Waals surface area contributed by atoms with E-state index in [1.54, 1.807) is 6.07 Å². The predicted molar refractivity (Wildman–Crippen MR) is 96.0 cm³/mol. The molecule has 0 radical (unpaired) electrons. The van der Waals surface area contributed by atoms with Gasteiger partial charge in [-0.3, -0.25) is 4.79 Å². The molecular weight excluding hydrogens is 362 g/mol. The number of H-pyrrole nitrogens is 1. The Bertz CT molecular complexity index is 858. The minimum Gasteiger partial charge on any atom is -0.356 e. The molecule has 2 aromatic rings. The smallest absolute Gasteiger partial charge is 0.268 e. The van der Waals surface area contributed by atoms with Gasteiger partial charge in [0.2, 0.25) is 10.0 Å². The van der Waals surface area contributed by atoms with Gasteiger partial charge in [0, 0.05) is 30.9 Å². The highest BCUT2D eigenvalue weighted by Gasteiger charge is 2.27. The minimum atomic E-state index is -3.55. The van der Waals surface area contributed by atoms with E-state index in [9.17, 15) is 13.2 Å². The van der Waals surface area contributed by atoms with Crippen molar-refractivity contribution in [2.75, 3.05) is 13.1 Å². The molecule has 2 heterocycles. The molecular formula is C17H20ClN3O3S. The first-order valence-corrected chi connectivity index (χ1v) is 10.0. The number of amides is 1. The van der Waals surface area contributed by atoms with E-state index < -0.39 is 10.0 Å². The summed E-state index contributed by atoms with van der Waals surface area (Å²) in [4.78, 5) is 15.1. The Morgan fingerprint density at radius 3 is 2.64 bits per heavy atom. The van der Waals surface area contributed by atoms with E-state index in [1.165, 1.54) is 16.6 Å². The molecule has 1 aromatic carbocycles. The number of aromatic amines is 1. The van der Waals surface area contributed by atoms with Crippen molar-refractivity contribution in [2.45, 2.75) is 30.7 Å². The molecule has 0 unspecified atom stereocenters. The summed E-state index contributed by atoms with van der Waals surface area (Å²) in [6.07, 6.45) is 4.16. The van der Waals surface area contributed by atoms with Crippen LogP contribution in [0.1, 0.15) is 35.3 Å². The van der Waals surface area contributed by atoms with E-state index in [1.807, 2.05) is 18.2 Å². The third-order valence-electron chi connectivity index (χ3n) is 4.25. The van der Waals surface area contributed by atoms with Crippen LogP contribution in [0.4, 0.5) is 0 Å². The molecule has 0 aliphatic carbocycles. The lowest BCUT2D eigenvalue weighted by Crippen LogP contribution is -2.35. The number of hydrogen-bond acceptors (Lipinski definition) is 3. The standard InChI is InChI=1S/C17H20ClN3O3S/c18-15-7-3-2-6-13(15)11-20-17(22)16-10-14(12-19-16)25(23,24)21-8-4-1-5-9-21/h2-3,6-7,10,12,19H,1,4-5,8-9,11H2,(H,20,22). The van der Waals surface area contributed by atoms with E-state index >= 15 is 0 Å². The zero-order valence-corrected chi connectivity index (χ0v) is 15.2. The Labute approximate surface area is 152 Å². The summed E-state index contributed by atoms with van der Waals surface area (Å²) < 4.78 is 26.7. The molecule has 8 heteroatoms. The van der Waals surface area contributed by atoms with E-state index in [0.29, 0.717) is 18.1 Å². The molecule has 1 saturated heterocycles. The van der Waals surface area contributed by atoms with Crippen LogP contribution in [-0.2, 0) is 16.6 Å². The molecule has 2 N–H and O–H groups in total. The Kier molecular flexibility index (Phi) is 5.46.